The van der Waals surface area contributed by atoms with Gasteiger partial charge in [-0.3, -0.25) is 0 Å². The summed E-state index contributed by atoms with van der Waals surface area (Å²) in [6.07, 6.45) is 0. The predicted molar refractivity (Wildman–Crippen MR) is 77.8 cm³/mol. The third-order valence-corrected chi connectivity index (χ3v) is 4.35. The molecule has 0 bridgehead atoms. The van der Waals surface area contributed by atoms with Crippen LogP contribution in [0.25, 0.3) is 0 Å². The van der Waals surface area contributed by atoms with Crippen LogP contribution in [0.1, 0.15) is 16.0 Å². The molecule has 0 aromatic heterocycles. The first-order valence-electron chi connectivity index (χ1n) is 5.45. The van der Waals surface area contributed by atoms with Crippen molar-refractivity contribution in [2.45, 2.75) is 4.83 Å². The molecule has 19 heavy (non-hydrogen) atoms. The molecule has 5 heteroatoms. The van der Waals surface area contributed by atoms with Gasteiger partial charge in [0.1, 0.15) is 17.4 Å². The maximum atomic E-state index is 13.7. The molecule has 0 heterocycles. The van der Waals surface area contributed by atoms with Crippen LogP contribution in [0.15, 0.2) is 40.9 Å². The van der Waals surface area contributed by atoms with Gasteiger partial charge in [0.05, 0.1) is 16.4 Å². The van der Waals surface area contributed by atoms with Crippen LogP contribution >= 0.6 is 31.9 Å². The SMILES string of the molecule is COc1ccc(C(Br)c2ccc(F)cc2F)cc1Br. The smallest absolute Gasteiger partial charge is 0.133 e. The molecule has 0 amide bonds. The van der Waals surface area contributed by atoms with Gasteiger partial charge in [0.25, 0.3) is 0 Å². The average molecular weight is 392 g/mol. The predicted octanol–water partition coefficient (Wildman–Crippen LogP) is 5.22. The second-order valence-electron chi connectivity index (χ2n) is 3.92. The largest absolute Gasteiger partial charge is 0.496 e. The van der Waals surface area contributed by atoms with Gasteiger partial charge >= 0.3 is 0 Å². The Morgan fingerprint density at radius 2 is 1.84 bits per heavy atom. The summed E-state index contributed by atoms with van der Waals surface area (Å²) in [4.78, 5) is -0.352. The van der Waals surface area contributed by atoms with E-state index in [1.807, 2.05) is 12.1 Å². The van der Waals surface area contributed by atoms with Crippen molar-refractivity contribution in [1.29, 1.82) is 0 Å². The van der Waals surface area contributed by atoms with Gasteiger partial charge in [0, 0.05) is 11.6 Å². The first kappa shape index (κ1) is 14.5. The van der Waals surface area contributed by atoms with Crippen LogP contribution in [0.2, 0.25) is 0 Å². The van der Waals surface area contributed by atoms with Crippen molar-refractivity contribution in [3.63, 3.8) is 0 Å². The van der Waals surface area contributed by atoms with E-state index in [0.29, 0.717) is 11.3 Å². The van der Waals surface area contributed by atoms with Crippen molar-refractivity contribution >= 4 is 31.9 Å². The minimum atomic E-state index is -0.586. The fourth-order valence-corrected chi connectivity index (χ4v) is 2.94. The Morgan fingerprint density at radius 3 is 2.42 bits per heavy atom. The second kappa shape index (κ2) is 6.01. The lowest BCUT2D eigenvalue weighted by Gasteiger charge is -2.13. The summed E-state index contributed by atoms with van der Waals surface area (Å²) in [5.74, 6) is -0.464. The lowest BCUT2D eigenvalue weighted by molar-refractivity contribution is 0.412. The van der Waals surface area contributed by atoms with Gasteiger partial charge in [-0.05, 0) is 39.7 Å². The normalized spacial score (nSPS) is 12.3. The summed E-state index contributed by atoms with van der Waals surface area (Å²) in [6, 6.07) is 9.00. The summed E-state index contributed by atoms with van der Waals surface area (Å²) in [5, 5.41) is 0. The zero-order valence-corrected chi connectivity index (χ0v) is 13.1. The highest BCUT2D eigenvalue weighted by atomic mass is 79.9. The molecule has 100 valence electrons. The van der Waals surface area contributed by atoms with Crippen molar-refractivity contribution in [2.75, 3.05) is 7.11 Å². The fraction of sp³-hybridized carbons (Fsp3) is 0.143. The highest BCUT2D eigenvalue weighted by molar-refractivity contribution is 9.10. The first-order valence-corrected chi connectivity index (χ1v) is 7.16. The zero-order valence-electron chi connectivity index (χ0n) is 9.96. The molecule has 1 atom stereocenters. The molecule has 0 spiro atoms. The quantitative estimate of drug-likeness (QED) is 0.651. The van der Waals surface area contributed by atoms with E-state index in [-0.39, 0.29) is 4.83 Å². The zero-order chi connectivity index (χ0) is 14.0. The summed E-state index contributed by atoms with van der Waals surface area (Å²) in [6.45, 7) is 0. The number of benzene rings is 2. The Labute approximate surface area is 126 Å². The number of hydrogen-bond donors (Lipinski definition) is 0. The van der Waals surface area contributed by atoms with Gasteiger partial charge < -0.3 is 4.74 Å². The molecule has 0 saturated carbocycles. The molecule has 1 nitrogen and oxygen atoms in total. The maximum Gasteiger partial charge on any atom is 0.133 e. The van der Waals surface area contributed by atoms with Crippen molar-refractivity contribution < 1.29 is 13.5 Å². The number of methoxy groups -OCH3 is 1. The third kappa shape index (κ3) is 3.15. The lowest BCUT2D eigenvalue weighted by atomic mass is 10.0. The molecule has 0 aliphatic carbocycles. The minimum absolute atomic E-state index is 0.352. The molecule has 2 aromatic rings. The van der Waals surface area contributed by atoms with Gasteiger partial charge in [-0.2, -0.15) is 0 Å². The van der Waals surface area contributed by atoms with E-state index in [4.69, 9.17) is 4.74 Å². The van der Waals surface area contributed by atoms with E-state index in [0.717, 1.165) is 16.1 Å². The maximum absolute atomic E-state index is 13.7. The van der Waals surface area contributed by atoms with Gasteiger partial charge in [-0.1, -0.05) is 28.1 Å². The van der Waals surface area contributed by atoms with Crippen molar-refractivity contribution in [2.24, 2.45) is 0 Å². The summed E-state index contributed by atoms with van der Waals surface area (Å²) < 4.78 is 32.5. The number of ether oxygens (including phenoxy) is 1. The standard InChI is InChI=1S/C14H10Br2F2O/c1-19-13-5-2-8(6-11(13)15)14(16)10-4-3-9(17)7-12(10)18/h2-7,14H,1H3. The van der Waals surface area contributed by atoms with Crippen LogP contribution in [0.4, 0.5) is 8.78 Å². The minimum Gasteiger partial charge on any atom is -0.496 e. The molecule has 0 N–H and O–H groups in total. The first-order chi connectivity index (χ1) is 9.02. The molecule has 2 rings (SSSR count). The summed E-state index contributed by atoms with van der Waals surface area (Å²) in [7, 11) is 1.57. The van der Waals surface area contributed by atoms with Crippen molar-refractivity contribution in [3.8, 4) is 5.75 Å². The molecule has 0 aliphatic rings. The van der Waals surface area contributed by atoms with Crippen LogP contribution in [0.5, 0.6) is 5.75 Å². The van der Waals surface area contributed by atoms with E-state index < -0.39 is 11.6 Å². The fourth-order valence-electron chi connectivity index (χ4n) is 1.73. The molecule has 0 saturated heterocycles. The molecule has 1 unspecified atom stereocenters. The van der Waals surface area contributed by atoms with Gasteiger partial charge in [0.15, 0.2) is 0 Å². The second-order valence-corrected chi connectivity index (χ2v) is 5.69. The van der Waals surface area contributed by atoms with E-state index in [2.05, 4.69) is 31.9 Å². The monoisotopic (exact) mass is 390 g/mol. The Morgan fingerprint density at radius 1 is 1.11 bits per heavy atom. The highest BCUT2D eigenvalue weighted by Gasteiger charge is 2.16. The molecule has 0 fully saturated rings. The topological polar surface area (TPSA) is 9.23 Å². The summed E-state index contributed by atoms with van der Waals surface area (Å²) >= 11 is 6.80. The average Bonchev–Trinajstić information content (AvgIpc) is 2.38. The van der Waals surface area contributed by atoms with Gasteiger partial charge in [-0.15, -0.1) is 0 Å². The molecule has 0 radical (unpaired) electrons. The Bertz CT molecular complexity index is 602. The Hall–Kier alpha value is -0.940. The van der Waals surface area contributed by atoms with E-state index in [1.165, 1.54) is 12.1 Å². The Balaban J connectivity index is 2.38. The number of rotatable bonds is 3. The van der Waals surface area contributed by atoms with Crippen LogP contribution < -0.4 is 4.74 Å². The Kier molecular flexibility index (Phi) is 4.58. The molecule has 2 aromatic carbocycles. The number of alkyl halides is 1. The van der Waals surface area contributed by atoms with Crippen LogP contribution in [0, 0.1) is 11.6 Å². The number of halogens is 4. The van der Waals surface area contributed by atoms with E-state index in [9.17, 15) is 8.78 Å². The van der Waals surface area contributed by atoms with Crippen LogP contribution in [0.3, 0.4) is 0 Å². The molecular formula is C14H10Br2F2O. The molecule has 0 aliphatic heterocycles. The third-order valence-electron chi connectivity index (χ3n) is 2.70. The number of hydrogen-bond acceptors (Lipinski definition) is 1. The lowest BCUT2D eigenvalue weighted by Crippen LogP contribution is -1.98. The molecular weight excluding hydrogens is 382 g/mol. The van der Waals surface area contributed by atoms with Gasteiger partial charge in [0.2, 0.25) is 0 Å². The summed E-state index contributed by atoms with van der Waals surface area (Å²) in [5.41, 5.74) is 1.23. The van der Waals surface area contributed by atoms with E-state index in [1.54, 1.807) is 13.2 Å². The van der Waals surface area contributed by atoms with E-state index >= 15 is 0 Å². The highest BCUT2D eigenvalue weighted by Crippen LogP contribution is 2.36. The van der Waals surface area contributed by atoms with Crippen molar-refractivity contribution in [3.05, 3.63) is 63.6 Å². The van der Waals surface area contributed by atoms with Crippen LogP contribution in [-0.4, -0.2) is 7.11 Å². The van der Waals surface area contributed by atoms with Crippen LogP contribution in [-0.2, 0) is 0 Å². The van der Waals surface area contributed by atoms with Gasteiger partial charge in [-0.25, -0.2) is 8.78 Å². The van der Waals surface area contributed by atoms with Crippen molar-refractivity contribution in [1.82, 2.24) is 0 Å².